The van der Waals surface area contributed by atoms with Gasteiger partial charge in [-0.1, -0.05) is 30.3 Å². The minimum atomic E-state index is -0.624. The number of hydrogen-bond acceptors (Lipinski definition) is 4. The van der Waals surface area contributed by atoms with E-state index in [4.69, 9.17) is 5.73 Å². The van der Waals surface area contributed by atoms with Crippen molar-refractivity contribution in [3.05, 3.63) is 35.9 Å². The molecule has 1 aromatic carbocycles. The van der Waals surface area contributed by atoms with E-state index in [-0.39, 0.29) is 0 Å². The van der Waals surface area contributed by atoms with E-state index in [0.29, 0.717) is 19.5 Å². The average molecular weight is 278 g/mol. The zero-order chi connectivity index (χ0) is 14.4. The first kappa shape index (κ1) is 15.4. The average Bonchev–Trinajstić information content (AvgIpc) is 2.38. The van der Waals surface area contributed by atoms with Gasteiger partial charge in [-0.3, -0.25) is 4.90 Å². The molecule has 1 aliphatic rings. The van der Waals surface area contributed by atoms with Crippen molar-refractivity contribution in [2.24, 2.45) is 5.73 Å². The van der Waals surface area contributed by atoms with E-state index in [9.17, 15) is 10.2 Å². The number of nitrogens with two attached hydrogens (primary N) is 1. The van der Waals surface area contributed by atoms with Gasteiger partial charge in [0.1, 0.15) is 0 Å². The molecule has 0 bridgehead atoms. The van der Waals surface area contributed by atoms with E-state index >= 15 is 0 Å². The first-order chi connectivity index (χ1) is 9.61. The van der Waals surface area contributed by atoms with E-state index in [2.05, 4.69) is 17.0 Å². The van der Waals surface area contributed by atoms with Gasteiger partial charge in [0.2, 0.25) is 0 Å². The van der Waals surface area contributed by atoms with Gasteiger partial charge in [0.25, 0.3) is 0 Å². The summed E-state index contributed by atoms with van der Waals surface area (Å²) in [5.74, 6) is 0. The molecule has 0 radical (unpaired) electrons. The van der Waals surface area contributed by atoms with Crippen LogP contribution >= 0.6 is 0 Å². The summed E-state index contributed by atoms with van der Waals surface area (Å²) in [6.07, 6.45) is 2.69. The van der Waals surface area contributed by atoms with Crippen LogP contribution in [0.2, 0.25) is 0 Å². The molecule has 0 amide bonds. The quantitative estimate of drug-likeness (QED) is 0.666. The molecule has 4 nitrogen and oxygen atoms in total. The maximum atomic E-state index is 10.2. The molecule has 1 saturated carbocycles. The van der Waals surface area contributed by atoms with Crippen molar-refractivity contribution in [2.45, 2.75) is 43.9 Å². The van der Waals surface area contributed by atoms with Gasteiger partial charge in [0.05, 0.1) is 11.7 Å². The Bertz CT molecular complexity index is 393. The Hall–Kier alpha value is -0.940. The molecule has 1 atom stereocenters. The van der Waals surface area contributed by atoms with Crippen molar-refractivity contribution in [1.82, 2.24) is 4.90 Å². The Morgan fingerprint density at radius 3 is 2.50 bits per heavy atom. The highest BCUT2D eigenvalue weighted by Gasteiger charge is 2.36. The van der Waals surface area contributed by atoms with Crippen molar-refractivity contribution in [3.63, 3.8) is 0 Å². The Balaban J connectivity index is 1.84. The summed E-state index contributed by atoms with van der Waals surface area (Å²) in [7, 11) is 0. The van der Waals surface area contributed by atoms with Crippen LogP contribution in [-0.2, 0) is 6.54 Å². The van der Waals surface area contributed by atoms with Crippen molar-refractivity contribution in [3.8, 4) is 0 Å². The predicted molar refractivity (Wildman–Crippen MR) is 80.2 cm³/mol. The largest absolute Gasteiger partial charge is 0.392 e. The Kier molecular flexibility index (Phi) is 5.54. The summed E-state index contributed by atoms with van der Waals surface area (Å²) < 4.78 is 0. The summed E-state index contributed by atoms with van der Waals surface area (Å²) in [5, 5.41) is 20.3. The first-order valence-electron chi connectivity index (χ1n) is 7.48. The molecule has 0 saturated heterocycles. The topological polar surface area (TPSA) is 69.7 Å². The molecule has 2 rings (SSSR count). The fraction of sp³-hybridized carbons (Fsp3) is 0.625. The SMILES string of the molecule is NCCN(Cc1ccccc1)CC(O)CC1(O)CCC1. The van der Waals surface area contributed by atoms with Crippen LogP contribution in [0.15, 0.2) is 30.3 Å². The molecular weight excluding hydrogens is 252 g/mol. The van der Waals surface area contributed by atoms with Crippen LogP contribution in [0.5, 0.6) is 0 Å². The summed E-state index contributed by atoms with van der Waals surface area (Å²) >= 11 is 0. The molecule has 112 valence electrons. The van der Waals surface area contributed by atoms with Gasteiger partial charge in [-0.05, 0) is 24.8 Å². The van der Waals surface area contributed by atoms with Crippen molar-refractivity contribution in [1.29, 1.82) is 0 Å². The summed E-state index contributed by atoms with van der Waals surface area (Å²) in [4.78, 5) is 2.15. The third kappa shape index (κ3) is 4.56. The van der Waals surface area contributed by atoms with Crippen LogP contribution < -0.4 is 5.73 Å². The third-order valence-corrected chi connectivity index (χ3v) is 4.06. The van der Waals surface area contributed by atoms with Gasteiger partial charge in [-0.25, -0.2) is 0 Å². The highest BCUT2D eigenvalue weighted by atomic mass is 16.3. The number of nitrogens with zero attached hydrogens (tertiary/aromatic N) is 1. The van der Waals surface area contributed by atoms with Gasteiger partial charge in [0, 0.05) is 32.6 Å². The lowest BCUT2D eigenvalue weighted by atomic mass is 9.76. The maximum Gasteiger partial charge on any atom is 0.0694 e. The summed E-state index contributed by atoms with van der Waals surface area (Å²) in [6.45, 7) is 2.68. The second kappa shape index (κ2) is 7.18. The number of aliphatic hydroxyl groups excluding tert-OH is 1. The Morgan fingerprint density at radius 2 is 1.95 bits per heavy atom. The normalized spacial score (nSPS) is 18.8. The number of benzene rings is 1. The van der Waals surface area contributed by atoms with Crippen molar-refractivity contribution < 1.29 is 10.2 Å². The fourth-order valence-corrected chi connectivity index (χ4v) is 2.85. The van der Waals surface area contributed by atoms with Crippen molar-refractivity contribution in [2.75, 3.05) is 19.6 Å². The van der Waals surface area contributed by atoms with Gasteiger partial charge in [0.15, 0.2) is 0 Å². The van der Waals surface area contributed by atoms with Crippen molar-refractivity contribution >= 4 is 0 Å². The molecule has 4 N–H and O–H groups in total. The molecule has 4 heteroatoms. The zero-order valence-corrected chi connectivity index (χ0v) is 12.0. The fourth-order valence-electron chi connectivity index (χ4n) is 2.85. The van der Waals surface area contributed by atoms with Gasteiger partial charge in [-0.15, -0.1) is 0 Å². The molecular formula is C16H26N2O2. The van der Waals surface area contributed by atoms with Gasteiger partial charge >= 0.3 is 0 Å². The first-order valence-corrected chi connectivity index (χ1v) is 7.48. The van der Waals surface area contributed by atoms with Crippen LogP contribution in [0.25, 0.3) is 0 Å². The minimum Gasteiger partial charge on any atom is -0.392 e. The van der Waals surface area contributed by atoms with Gasteiger partial charge in [-0.2, -0.15) is 0 Å². The predicted octanol–water partition coefficient (Wildman–Crippen LogP) is 1.11. The molecule has 1 unspecified atom stereocenters. The van der Waals surface area contributed by atoms with E-state index in [1.807, 2.05) is 18.2 Å². The molecule has 0 heterocycles. The second-order valence-electron chi connectivity index (χ2n) is 5.95. The third-order valence-electron chi connectivity index (χ3n) is 4.06. The number of hydrogen-bond donors (Lipinski definition) is 3. The Morgan fingerprint density at radius 1 is 1.25 bits per heavy atom. The smallest absolute Gasteiger partial charge is 0.0694 e. The van der Waals surface area contributed by atoms with E-state index in [0.717, 1.165) is 32.4 Å². The summed E-state index contributed by atoms with van der Waals surface area (Å²) in [5.41, 5.74) is 6.24. The lowest BCUT2D eigenvalue weighted by molar-refractivity contribution is -0.0731. The highest BCUT2D eigenvalue weighted by Crippen LogP contribution is 2.35. The van der Waals surface area contributed by atoms with Crippen LogP contribution in [0.4, 0.5) is 0 Å². The van der Waals surface area contributed by atoms with E-state index in [1.54, 1.807) is 0 Å². The monoisotopic (exact) mass is 278 g/mol. The molecule has 1 aliphatic carbocycles. The van der Waals surface area contributed by atoms with Crippen LogP contribution in [0.3, 0.4) is 0 Å². The van der Waals surface area contributed by atoms with Crippen LogP contribution in [-0.4, -0.2) is 46.5 Å². The Labute approximate surface area is 121 Å². The standard InChI is InChI=1S/C16H26N2O2/c17-9-10-18(12-14-5-2-1-3-6-14)13-15(19)11-16(20)7-4-8-16/h1-3,5-6,15,19-20H,4,7-13,17H2. The zero-order valence-electron chi connectivity index (χ0n) is 12.0. The lowest BCUT2D eigenvalue weighted by Gasteiger charge is -2.39. The van der Waals surface area contributed by atoms with E-state index in [1.165, 1.54) is 5.56 Å². The van der Waals surface area contributed by atoms with Crippen LogP contribution in [0.1, 0.15) is 31.2 Å². The number of aliphatic hydroxyl groups is 2. The maximum absolute atomic E-state index is 10.2. The molecule has 0 spiro atoms. The molecule has 1 fully saturated rings. The molecule has 1 aromatic rings. The second-order valence-corrected chi connectivity index (χ2v) is 5.95. The number of rotatable bonds is 8. The van der Waals surface area contributed by atoms with Gasteiger partial charge < -0.3 is 15.9 Å². The highest BCUT2D eigenvalue weighted by molar-refractivity contribution is 5.14. The van der Waals surface area contributed by atoms with Crippen LogP contribution in [0, 0.1) is 0 Å². The molecule has 20 heavy (non-hydrogen) atoms. The minimum absolute atomic E-state index is 0.475. The molecule has 0 aliphatic heterocycles. The van der Waals surface area contributed by atoms with E-state index < -0.39 is 11.7 Å². The molecule has 0 aromatic heterocycles. The lowest BCUT2D eigenvalue weighted by Crippen LogP contribution is -2.44. The summed E-state index contributed by atoms with van der Waals surface area (Å²) in [6, 6.07) is 10.2.